The minimum Gasteiger partial charge on any atom is -0.394 e. The molecule has 21 heteroatoms. The molecular formula is C50H62FN9O11. The smallest absolute Gasteiger partial charge is 0.257 e. The van der Waals surface area contributed by atoms with Gasteiger partial charge in [0, 0.05) is 53.0 Å². The lowest BCUT2D eigenvalue weighted by Crippen LogP contribution is -2.52. The van der Waals surface area contributed by atoms with E-state index in [1.54, 1.807) is 67.8 Å². The Morgan fingerprint density at radius 1 is 0.930 bits per heavy atom. The molecule has 0 aliphatic carbocycles. The van der Waals surface area contributed by atoms with E-state index in [9.17, 15) is 42.7 Å². The monoisotopic (exact) mass is 983 g/mol. The second-order valence-electron chi connectivity index (χ2n) is 17.5. The molecule has 3 heterocycles. The van der Waals surface area contributed by atoms with E-state index in [0.29, 0.717) is 62.9 Å². The largest absolute Gasteiger partial charge is 0.394 e. The molecule has 1 aliphatic heterocycles. The van der Waals surface area contributed by atoms with E-state index in [2.05, 4.69) is 37.1 Å². The van der Waals surface area contributed by atoms with Gasteiger partial charge in [-0.25, -0.2) is 9.37 Å². The number of fused-ring (bicyclic) bond motifs is 4. The van der Waals surface area contributed by atoms with Crippen molar-refractivity contribution in [3.8, 4) is 11.4 Å². The summed E-state index contributed by atoms with van der Waals surface area (Å²) in [5.74, 6) is -4.38. The van der Waals surface area contributed by atoms with Gasteiger partial charge in [0.25, 0.3) is 5.56 Å². The lowest BCUT2D eigenvalue weighted by molar-refractivity contribution is -0.133. The quantitative estimate of drug-likeness (QED) is 0.0145. The predicted molar refractivity (Wildman–Crippen MR) is 260 cm³/mol. The number of nitrogens with one attached hydrogen (secondary N) is 6. The van der Waals surface area contributed by atoms with Crippen LogP contribution in [-0.4, -0.2) is 117 Å². The van der Waals surface area contributed by atoms with Crippen LogP contribution >= 0.6 is 0 Å². The Morgan fingerprint density at radius 2 is 1.65 bits per heavy atom. The van der Waals surface area contributed by atoms with E-state index in [-0.39, 0.29) is 57.5 Å². The summed E-state index contributed by atoms with van der Waals surface area (Å²) < 4.78 is 27.0. The Balaban J connectivity index is 1.07. The molecule has 0 saturated carbocycles. The number of aromatic nitrogens is 2. The Bertz CT molecular complexity index is 2690. The van der Waals surface area contributed by atoms with E-state index >= 15 is 0 Å². The number of aldehydes is 1. The molecule has 1 unspecified atom stereocenters. The van der Waals surface area contributed by atoms with Gasteiger partial charge < -0.3 is 55.6 Å². The minimum absolute atomic E-state index is 0.00946. The third kappa shape index (κ3) is 14.8. The number of hydrogen-bond donors (Lipinski definition) is 6. The van der Waals surface area contributed by atoms with Crippen LogP contribution in [0.4, 0.5) is 4.39 Å². The summed E-state index contributed by atoms with van der Waals surface area (Å²) in [6.07, 6.45) is 4.23. The first-order chi connectivity index (χ1) is 34.0. The second-order valence-corrected chi connectivity index (χ2v) is 17.5. The van der Waals surface area contributed by atoms with Gasteiger partial charge in [-0.1, -0.05) is 69.6 Å². The van der Waals surface area contributed by atoms with Crippen molar-refractivity contribution in [1.82, 2.24) is 41.5 Å². The number of amides is 6. The fourth-order valence-corrected chi connectivity index (χ4v) is 7.95. The van der Waals surface area contributed by atoms with Gasteiger partial charge in [0.1, 0.15) is 38.1 Å². The van der Waals surface area contributed by atoms with Gasteiger partial charge in [-0.2, -0.15) is 0 Å². The number of nitrogens with zero attached hydrogens (tertiary/aromatic N) is 3. The van der Waals surface area contributed by atoms with Crippen molar-refractivity contribution in [2.45, 2.75) is 85.4 Å². The maximum absolute atomic E-state index is 14.8. The summed E-state index contributed by atoms with van der Waals surface area (Å²) in [4.78, 5) is 112. The Labute approximate surface area is 410 Å². The number of pyridine rings is 2. The summed E-state index contributed by atoms with van der Waals surface area (Å²) in [5, 5.41) is 19.8. The molecule has 380 valence electrons. The lowest BCUT2D eigenvalue weighted by atomic mass is 9.87. The zero-order valence-electron chi connectivity index (χ0n) is 40.8. The molecule has 71 heavy (non-hydrogen) atoms. The van der Waals surface area contributed by atoms with Crippen LogP contribution in [-0.2, 0) is 67.4 Å². The highest BCUT2D eigenvalue weighted by atomic mass is 19.1. The second kappa shape index (κ2) is 26.0. The van der Waals surface area contributed by atoms with Crippen molar-refractivity contribution < 1.29 is 52.3 Å². The van der Waals surface area contributed by atoms with Crippen LogP contribution < -0.4 is 37.5 Å². The number of aryl methyl sites for hydroxylation is 1. The summed E-state index contributed by atoms with van der Waals surface area (Å²) in [6, 6.07) is 12.5. The average molecular weight is 984 g/mol. The molecule has 0 radical (unpaired) electrons. The fourth-order valence-electron chi connectivity index (χ4n) is 7.95. The van der Waals surface area contributed by atoms with Crippen molar-refractivity contribution in [3.05, 3.63) is 98.1 Å². The van der Waals surface area contributed by atoms with Gasteiger partial charge in [0.15, 0.2) is 0 Å². The van der Waals surface area contributed by atoms with E-state index in [1.807, 2.05) is 13.8 Å². The Morgan fingerprint density at radius 3 is 2.35 bits per heavy atom. The SMILES string of the molecule is CCCC(C)(C)C(=O)NCC(=O)NCC(=O)N[C@@H](Cc1ccccc1)C(=O)NCC(=O)NCOCC(=O)NCCO/N=C/c1c2c(nc3cc(F)c(C)cc13)-c1cc(C(C=O)CC)c(COC)c(=O)n1C2. The number of halogens is 1. The number of rotatable bonds is 27. The number of hydrogen-bond acceptors (Lipinski definition) is 13. The predicted octanol–water partition coefficient (Wildman–Crippen LogP) is 2.17. The Hall–Kier alpha value is -7.39. The summed E-state index contributed by atoms with van der Waals surface area (Å²) >= 11 is 0. The summed E-state index contributed by atoms with van der Waals surface area (Å²) in [5.41, 5.74) is 3.49. The number of ether oxygens (including phenoxy) is 2. The van der Waals surface area contributed by atoms with Crippen LogP contribution in [0.2, 0.25) is 0 Å². The molecule has 5 rings (SSSR count). The summed E-state index contributed by atoms with van der Waals surface area (Å²) in [6.45, 7) is 7.05. The van der Waals surface area contributed by atoms with Crippen molar-refractivity contribution in [2.24, 2.45) is 10.6 Å². The molecule has 0 bridgehead atoms. The first-order valence-corrected chi connectivity index (χ1v) is 23.3. The van der Waals surface area contributed by atoms with Crippen molar-refractivity contribution in [1.29, 1.82) is 0 Å². The molecule has 6 N–H and O–H groups in total. The van der Waals surface area contributed by atoms with Gasteiger partial charge in [0.05, 0.1) is 62.4 Å². The third-order valence-corrected chi connectivity index (χ3v) is 11.8. The topological polar surface area (TPSA) is 267 Å². The van der Waals surface area contributed by atoms with Gasteiger partial charge in [-0.15, -0.1) is 0 Å². The maximum atomic E-state index is 14.8. The molecule has 0 fully saturated rings. The lowest BCUT2D eigenvalue weighted by Gasteiger charge is -2.22. The number of carbonyl (C=O) groups excluding carboxylic acids is 7. The van der Waals surface area contributed by atoms with Gasteiger partial charge in [-0.05, 0) is 48.6 Å². The molecule has 0 saturated heterocycles. The standard InChI is InChI=1S/C50H62FN9O11/c1-7-14-50(4,5)49(68)55-23-42(62)53-24-44(64)58-40(18-31-12-10-9-11-13-31)47(66)54-22-43(63)56-29-70-28-45(65)52-15-16-71-57-21-35-34-17-30(3)38(51)20-39(34)59-46-36(35)25-60-41(46)19-33(32(8-2)26-61)37(27-69-6)48(60)67/h9-13,17,19-21,26,32,40H,7-8,14-16,18,22-25,27-29H2,1-6H3,(H,52,65)(H,53,62)(H,54,66)(H,55,68)(H,56,63)(H,58,64)/b57-21+/t32?,40-/m0/s1. The highest BCUT2D eigenvalue weighted by molar-refractivity contribution is 6.02. The molecule has 2 aromatic heterocycles. The van der Waals surface area contributed by atoms with Crippen LogP contribution in [0.1, 0.15) is 86.3 Å². The third-order valence-electron chi connectivity index (χ3n) is 11.8. The molecular weight excluding hydrogens is 922 g/mol. The zero-order chi connectivity index (χ0) is 51.7. The molecule has 20 nitrogen and oxygen atoms in total. The first-order valence-electron chi connectivity index (χ1n) is 23.3. The summed E-state index contributed by atoms with van der Waals surface area (Å²) in [7, 11) is 1.47. The molecule has 4 aromatic rings. The van der Waals surface area contributed by atoms with E-state index in [1.165, 1.54) is 19.4 Å². The number of carbonyl (C=O) groups is 7. The van der Waals surface area contributed by atoms with Gasteiger partial charge >= 0.3 is 0 Å². The maximum Gasteiger partial charge on any atom is 0.257 e. The van der Waals surface area contributed by atoms with Crippen LogP contribution in [0, 0.1) is 18.2 Å². The number of oxime groups is 1. The molecule has 0 spiro atoms. The number of methoxy groups -OCH3 is 1. The zero-order valence-corrected chi connectivity index (χ0v) is 40.8. The van der Waals surface area contributed by atoms with E-state index in [4.69, 9.17) is 19.3 Å². The normalized spacial score (nSPS) is 12.6. The first kappa shape index (κ1) is 54.5. The molecule has 2 atom stereocenters. The van der Waals surface area contributed by atoms with Crippen LogP contribution in [0.3, 0.4) is 0 Å². The molecule has 1 aliphatic rings. The van der Waals surface area contributed by atoms with Gasteiger partial charge in [-0.3, -0.25) is 33.6 Å². The highest BCUT2D eigenvalue weighted by Gasteiger charge is 2.31. The van der Waals surface area contributed by atoms with Crippen molar-refractivity contribution in [3.63, 3.8) is 0 Å². The van der Waals surface area contributed by atoms with Crippen molar-refractivity contribution in [2.75, 3.05) is 53.2 Å². The van der Waals surface area contributed by atoms with Crippen LogP contribution in [0.5, 0.6) is 0 Å². The van der Waals surface area contributed by atoms with Crippen LogP contribution in [0.15, 0.2) is 58.5 Å². The Kier molecular flexibility index (Phi) is 20.0. The van der Waals surface area contributed by atoms with E-state index < -0.39 is 72.4 Å². The van der Waals surface area contributed by atoms with Crippen LogP contribution in [0.25, 0.3) is 22.3 Å². The van der Waals surface area contributed by atoms with Gasteiger partial charge in [0.2, 0.25) is 35.4 Å². The van der Waals surface area contributed by atoms with Crippen molar-refractivity contribution >= 4 is 58.8 Å². The molecule has 6 amide bonds. The average Bonchev–Trinajstić information content (AvgIpc) is 3.71. The highest BCUT2D eigenvalue weighted by Crippen LogP contribution is 2.37. The number of benzene rings is 2. The van der Waals surface area contributed by atoms with E-state index in [0.717, 1.165) is 18.3 Å². The fraction of sp³-hybridized carbons (Fsp3) is 0.440. The molecule has 2 aromatic carbocycles. The minimum atomic E-state index is -1.11.